The molecule has 0 unspecified atom stereocenters. The van der Waals surface area contributed by atoms with Gasteiger partial charge in [0, 0.05) is 32.2 Å². The molecule has 1 aromatic carbocycles. The first kappa shape index (κ1) is 12.8. The van der Waals surface area contributed by atoms with Gasteiger partial charge in [-0.05, 0) is 18.6 Å². The largest absolute Gasteiger partial charge is 0.292 e. The molecule has 0 bridgehead atoms. The minimum Gasteiger partial charge on any atom is -0.292 e. The number of benzene rings is 1. The summed E-state index contributed by atoms with van der Waals surface area (Å²) in [4.78, 5) is 2.73. The van der Waals surface area contributed by atoms with Crippen molar-refractivity contribution >= 4 is 10.0 Å². The van der Waals surface area contributed by atoms with Crippen molar-refractivity contribution in [2.75, 3.05) is 26.2 Å². The Morgan fingerprint density at radius 1 is 1.05 bits per heavy atom. The van der Waals surface area contributed by atoms with Crippen molar-refractivity contribution in [1.29, 1.82) is 0 Å². The highest BCUT2D eigenvalue weighted by Crippen LogP contribution is 2.24. The van der Waals surface area contributed by atoms with E-state index in [1.165, 1.54) is 0 Å². The third-order valence-electron chi connectivity index (χ3n) is 3.87. The first-order valence-corrected chi connectivity index (χ1v) is 8.06. The van der Waals surface area contributed by atoms with Crippen LogP contribution in [-0.2, 0) is 10.0 Å². The predicted molar refractivity (Wildman–Crippen MR) is 74.3 cm³/mol. The van der Waals surface area contributed by atoms with E-state index in [-0.39, 0.29) is 0 Å². The Morgan fingerprint density at radius 2 is 1.74 bits per heavy atom. The molecule has 5 heteroatoms. The molecule has 19 heavy (non-hydrogen) atoms. The molecular weight excluding hydrogens is 260 g/mol. The Balaban J connectivity index is 1.74. The second-order valence-corrected chi connectivity index (χ2v) is 6.98. The average Bonchev–Trinajstić information content (AvgIpc) is 3.10. The van der Waals surface area contributed by atoms with Crippen LogP contribution in [-0.4, -0.2) is 49.8 Å². The highest BCUT2D eigenvalue weighted by Gasteiger charge is 2.35. The molecule has 0 saturated carbocycles. The van der Waals surface area contributed by atoms with E-state index in [9.17, 15) is 8.42 Å². The third kappa shape index (κ3) is 2.45. The summed E-state index contributed by atoms with van der Waals surface area (Å²) in [6.07, 6.45) is 5.22. The molecule has 0 amide bonds. The number of sulfonamides is 1. The molecule has 0 aromatic heterocycles. The molecule has 1 atom stereocenters. The summed E-state index contributed by atoms with van der Waals surface area (Å²) in [5.74, 6) is 0. The molecule has 1 fully saturated rings. The molecule has 3 rings (SSSR count). The number of rotatable bonds is 3. The zero-order chi connectivity index (χ0) is 13.3. The van der Waals surface area contributed by atoms with E-state index in [1.807, 2.05) is 6.07 Å². The Kier molecular flexibility index (Phi) is 3.43. The van der Waals surface area contributed by atoms with Gasteiger partial charge in [0.25, 0.3) is 0 Å². The van der Waals surface area contributed by atoms with Gasteiger partial charge in [0.05, 0.1) is 4.90 Å². The molecule has 0 spiro atoms. The Hall–Kier alpha value is -1.17. The van der Waals surface area contributed by atoms with Gasteiger partial charge in [-0.2, -0.15) is 4.31 Å². The van der Waals surface area contributed by atoms with Crippen LogP contribution in [0.15, 0.2) is 47.4 Å². The second kappa shape index (κ2) is 5.07. The van der Waals surface area contributed by atoms with E-state index in [1.54, 1.807) is 28.6 Å². The standard InChI is InChI=1S/C14H18N2O2S/c17-19(18,14-6-2-1-3-7-14)16-11-8-13(12-16)15-9-4-5-10-15/h1-7,13H,8-12H2/t13-/m1/s1. The molecule has 2 aliphatic rings. The lowest BCUT2D eigenvalue weighted by atomic mass is 10.2. The Morgan fingerprint density at radius 3 is 2.42 bits per heavy atom. The Bertz CT molecular complexity index is 560. The topological polar surface area (TPSA) is 40.6 Å². The summed E-state index contributed by atoms with van der Waals surface area (Å²) >= 11 is 0. The fraction of sp³-hybridized carbons (Fsp3) is 0.429. The molecule has 0 radical (unpaired) electrons. The quantitative estimate of drug-likeness (QED) is 0.783. The number of nitrogens with zero attached hydrogens (tertiary/aromatic N) is 2. The van der Waals surface area contributed by atoms with E-state index in [2.05, 4.69) is 17.1 Å². The lowest BCUT2D eigenvalue weighted by Gasteiger charge is -2.23. The maximum absolute atomic E-state index is 12.5. The molecule has 1 saturated heterocycles. The highest BCUT2D eigenvalue weighted by atomic mass is 32.2. The van der Waals surface area contributed by atoms with Crippen LogP contribution in [0, 0.1) is 0 Å². The van der Waals surface area contributed by atoms with Crippen LogP contribution >= 0.6 is 0 Å². The monoisotopic (exact) mass is 278 g/mol. The van der Waals surface area contributed by atoms with Gasteiger partial charge in [-0.1, -0.05) is 30.4 Å². The molecule has 4 nitrogen and oxygen atoms in total. The van der Waals surface area contributed by atoms with Gasteiger partial charge in [-0.25, -0.2) is 8.42 Å². The van der Waals surface area contributed by atoms with Gasteiger partial charge in [-0.3, -0.25) is 4.90 Å². The fourth-order valence-corrected chi connectivity index (χ4v) is 4.27. The molecule has 0 N–H and O–H groups in total. The van der Waals surface area contributed by atoms with Crippen molar-refractivity contribution in [3.8, 4) is 0 Å². The summed E-state index contributed by atoms with van der Waals surface area (Å²) < 4.78 is 26.6. The number of hydrogen-bond acceptors (Lipinski definition) is 3. The first-order valence-electron chi connectivity index (χ1n) is 6.62. The van der Waals surface area contributed by atoms with Crippen LogP contribution in [0.2, 0.25) is 0 Å². The minimum absolute atomic E-state index is 0.355. The summed E-state index contributed by atoms with van der Waals surface area (Å²) in [6.45, 7) is 3.13. The van der Waals surface area contributed by atoms with E-state index in [4.69, 9.17) is 0 Å². The lowest BCUT2D eigenvalue weighted by Crippen LogP contribution is -2.37. The lowest BCUT2D eigenvalue weighted by molar-refractivity contribution is 0.261. The zero-order valence-electron chi connectivity index (χ0n) is 10.8. The van der Waals surface area contributed by atoms with E-state index < -0.39 is 10.0 Å². The Labute approximate surface area is 114 Å². The maximum Gasteiger partial charge on any atom is 0.243 e. The first-order chi connectivity index (χ1) is 9.18. The van der Waals surface area contributed by atoms with Crippen molar-refractivity contribution < 1.29 is 8.42 Å². The maximum atomic E-state index is 12.5. The van der Waals surface area contributed by atoms with Crippen molar-refractivity contribution in [2.45, 2.75) is 17.4 Å². The molecular formula is C14H18N2O2S. The summed E-state index contributed by atoms with van der Waals surface area (Å²) in [6, 6.07) is 9.06. The van der Waals surface area contributed by atoms with E-state index in [0.29, 0.717) is 24.0 Å². The molecule has 2 aliphatic heterocycles. The highest BCUT2D eigenvalue weighted by molar-refractivity contribution is 7.89. The van der Waals surface area contributed by atoms with Crippen molar-refractivity contribution in [2.24, 2.45) is 0 Å². The van der Waals surface area contributed by atoms with Gasteiger partial charge in [0.1, 0.15) is 0 Å². The van der Waals surface area contributed by atoms with Crippen LogP contribution in [0.4, 0.5) is 0 Å². The third-order valence-corrected chi connectivity index (χ3v) is 5.75. The minimum atomic E-state index is -3.31. The average molecular weight is 278 g/mol. The van der Waals surface area contributed by atoms with Crippen LogP contribution < -0.4 is 0 Å². The van der Waals surface area contributed by atoms with Gasteiger partial charge in [-0.15, -0.1) is 0 Å². The molecule has 0 aliphatic carbocycles. The molecule has 1 aromatic rings. The van der Waals surface area contributed by atoms with Gasteiger partial charge in [0.2, 0.25) is 10.0 Å². The van der Waals surface area contributed by atoms with Gasteiger partial charge in [0.15, 0.2) is 0 Å². The van der Waals surface area contributed by atoms with Gasteiger partial charge >= 0.3 is 0 Å². The number of hydrogen-bond donors (Lipinski definition) is 0. The SMILES string of the molecule is O=S(=O)(c1ccccc1)N1CC[C@@H](N2CC=CC2)C1. The summed E-state index contributed by atoms with van der Waals surface area (Å²) in [5, 5.41) is 0. The molecule has 102 valence electrons. The van der Waals surface area contributed by atoms with Crippen LogP contribution in [0.5, 0.6) is 0 Å². The van der Waals surface area contributed by atoms with Crippen LogP contribution in [0.3, 0.4) is 0 Å². The van der Waals surface area contributed by atoms with Gasteiger partial charge < -0.3 is 0 Å². The summed E-state index contributed by atoms with van der Waals surface area (Å²) in [5.41, 5.74) is 0. The summed E-state index contributed by atoms with van der Waals surface area (Å²) in [7, 11) is -3.31. The zero-order valence-corrected chi connectivity index (χ0v) is 11.6. The van der Waals surface area contributed by atoms with Crippen LogP contribution in [0.25, 0.3) is 0 Å². The molecule has 2 heterocycles. The van der Waals surface area contributed by atoms with E-state index in [0.717, 1.165) is 19.5 Å². The van der Waals surface area contributed by atoms with E-state index >= 15 is 0 Å². The van der Waals surface area contributed by atoms with Crippen molar-refractivity contribution in [1.82, 2.24) is 9.21 Å². The smallest absolute Gasteiger partial charge is 0.243 e. The van der Waals surface area contributed by atoms with Crippen molar-refractivity contribution in [3.63, 3.8) is 0 Å². The second-order valence-electron chi connectivity index (χ2n) is 5.04. The fourth-order valence-electron chi connectivity index (χ4n) is 2.76. The predicted octanol–water partition coefficient (Wildman–Crippen LogP) is 1.32. The van der Waals surface area contributed by atoms with Crippen LogP contribution in [0.1, 0.15) is 6.42 Å². The van der Waals surface area contributed by atoms with Crippen molar-refractivity contribution in [3.05, 3.63) is 42.5 Å². The normalized spacial score (nSPS) is 25.2.